The van der Waals surface area contributed by atoms with Crippen molar-refractivity contribution in [3.8, 4) is 0 Å². The van der Waals surface area contributed by atoms with Gasteiger partial charge in [-0.05, 0) is 12.8 Å². The summed E-state index contributed by atoms with van der Waals surface area (Å²) in [5.41, 5.74) is -4.20. The number of alkyl halides is 3. The third kappa shape index (κ3) is 5.46. The Morgan fingerprint density at radius 3 is 1.89 bits per heavy atom. The molecule has 114 valence electrons. The predicted octanol–water partition coefficient (Wildman–Crippen LogP) is 4.21. The van der Waals surface area contributed by atoms with Crippen LogP contribution in [0.2, 0.25) is 0 Å². The zero-order chi connectivity index (χ0) is 14.9. The summed E-state index contributed by atoms with van der Waals surface area (Å²) in [6, 6.07) is 0. The van der Waals surface area contributed by atoms with Crippen LogP contribution in [0.5, 0.6) is 0 Å². The Morgan fingerprint density at radius 2 is 1.58 bits per heavy atom. The van der Waals surface area contributed by atoms with Gasteiger partial charge in [0.15, 0.2) is 0 Å². The van der Waals surface area contributed by atoms with Crippen LogP contribution in [0.15, 0.2) is 0 Å². The zero-order valence-electron chi connectivity index (χ0n) is 11.2. The molecule has 0 atom stereocenters. The van der Waals surface area contributed by atoms with Gasteiger partial charge in [-0.3, -0.25) is 9.36 Å². The third-order valence-electron chi connectivity index (χ3n) is 2.32. The van der Waals surface area contributed by atoms with Crippen molar-refractivity contribution in [2.24, 2.45) is 0 Å². The summed E-state index contributed by atoms with van der Waals surface area (Å²) in [6.45, 7) is 3.36. The fourth-order valence-corrected chi connectivity index (χ4v) is 2.87. The second-order valence-corrected chi connectivity index (χ2v) is 6.31. The largest absolute Gasteiger partial charge is 0.407 e. The van der Waals surface area contributed by atoms with E-state index in [9.17, 15) is 18.1 Å². The second-order valence-electron chi connectivity index (χ2n) is 3.97. The Hall–Kier alpha value is -0.0300. The van der Waals surface area contributed by atoms with Crippen LogP contribution in [0.3, 0.4) is 0 Å². The van der Waals surface area contributed by atoms with Gasteiger partial charge < -0.3 is 9.05 Å². The summed E-state index contributed by atoms with van der Waals surface area (Å²) in [5, 5.41) is 0. The molecule has 0 bridgehead atoms. The summed E-state index contributed by atoms with van der Waals surface area (Å²) in [4.78, 5) is 11.1. The summed E-state index contributed by atoms with van der Waals surface area (Å²) >= 11 is 5.10. The number of halogens is 3. The molecule has 19 heavy (non-hydrogen) atoms. The van der Waals surface area contributed by atoms with Crippen LogP contribution >= 0.6 is 19.2 Å². The van der Waals surface area contributed by atoms with Gasteiger partial charge in [-0.15, -0.1) is 11.6 Å². The maximum absolute atomic E-state index is 13.8. The average molecular weight is 321 g/mol. The third-order valence-corrected chi connectivity index (χ3v) is 4.54. The van der Waals surface area contributed by atoms with Crippen molar-refractivity contribution < 1.29 is 27.2 Å². The number of Topliss-reactive ketones (excluding diaryl/α,β-unsaturated/α-hetero) is 1. The van der Waals surface area contributed by atoms with Crippen LogP contribution < -0.4 is 0 Å². The van der Waals surface area contributed by atoms with Gasteiger partial charge in [0.2, 0.25) is 5.78 Å². The van der Waals surface area contributed by atoms with Gasteiger partial charge in [0.25, 0.3) is 0 Å². The first-order valence-corrected chi connectivity index (χ1v) is 8.29. The zero-order valence-corrected chi connectivity index (χ0v) is 12.8. The first-order valence-electron chi connectivity index (χ1n) is 6.22. The molecule has 0 radical (unpaired) electrons. The number of carbonyl (C=O) groups is 1. The fraction of sp³-hybridized carbons (Fsp3) is 0.909. The van der Waals surface area contributed by atoms with Crippen molar-refractivity contribution in [3.05, 3.63) is 0 Å². The molecule has 0 aliphatic rings. The average Bonchev–Trinajstić information content (AvgIpc) is 2.38. The van der Waals surface area contributed by atoms with Crippen molar-refractivity contribution in [2.45, 2.75) is 45.2 Å². The molecule has 0 amide bonds. The second kappa shape index (κ2) is 9.01. The number of hydrogen-bond acceptors (Lipinski definition) is 4. The standard InChI is InChI=1S/C11H20ClF2O4P/c1-3-5-7-17-19(16,18-8-6-4-2)11(13,14)10(15)9-12/h3-9H2,1-2H3. The van der Waals surface area contributed by atoms with Crippen LogP contribution in [-0.2, 0) is 18.4 Å². The van der Waals surface area contributed by atoms with Crippen molar-refractivity contribution in [1.82, 2.24) is 0 Å². The van der Waals surface area contributed by atoms with E-state index in [1.807, 2.05) is 13.8 Å². The van der Waals surface area contributed by atoms with Gasteiger partial charge in [-0.25, -0.2) is 0 Å². The molecule has 0 N–H and O–H groups in total. The number of carbonyl (C=O) groups excluding carboxylic acids is 1. The highest BCUT2D eigenvalue weighted by Gasteiger charge is 2.58. The Balaban J connectivity index is 4.91. The summed E-state index contributed by atoms with van der Waals surface area (Å²) < 4.78 is 49.1. The Morgan fingerprint density at radius 1 is 1.16 bits per heavy atom. The van der Waals surface area contributed by atoms with Gasteiger partial charge in [0, 0.05) is 0 Å². The number of unbranched alkanes of at least 4 members (excludes halogenated alkanes) is 2. The minimum absolute atomic E-state index is 0.148. The summed E-state index contributed by atoms with van der Waals surface area (Å²) in [5.74, 6) is -2.59. The molecule has 0 aliphatic carbocycles. The van der Waals surface area contributed by atoms with E-state index in [1.54, 1.807) is 0 Å². The van der Waals surface area contributed by atoms with Crippen molar-refractivity contribution in [3.63, 3.8) is 0 Å². The lowest BCUT2D eigenvalue weighted by atomic mass is 10.4. The summed E-state index contributed by atoms with van der Waals surface area (Å²) in [6.07, 6.45) is 2.27. The van der Waals surface area contributed by atoms with Crippen molar-refractivity contribution >= 4 is 25.0 Å². The monoisotopic (exact) mass is 320 g/mol. The Bertz CT molecular complexity index is 312. The maximum atomic E-state index is 13.8. The van der Waals surface area contributed by atoms with E-state index < -0.39 is 24.9 Å². The van der Waals surface area contributed by atoms with Crippen LogP contribution in [0, 0.1) is 0 Å². The molecule has 0 rings (SSSR count). The molecule has 0 saturated carbocycles. The molecule has 4 nitrogen and oxygen atoms in total. The van der Waals surface area contributed by atoms with Crippen LogP contribution in [0.1, 0.15) is 39.5 Å². The molecule has 0 saturated heterocycles. The number of hydrogen-bond donors (Lipinski definition) is 0. The first kappa shape index (κ1) is 19.0. The van der Waals surface area contributed by atoms with Crippen LogP contribution in [0.4, 0.5) is 8.78 Å². The molecule has 0 unspecified atom stereocenters. The minimum atomic E-state index is -4.82. The summed E-state index contributed by atoms with van der Waals surface area (Å²) in [7, 11) is -4.82. The maximum Gasteiger partial charge on any atom is 0.407 e. The number of rotatable bonds is 11. The first-order chi connectivity index (χ1) is 8.85. The molecule has 8 heteroatoms. The van der Waals surface area contributed by atoms with Gasteiger partial charge in [0.05, 0.1) is 19.1 Å². The topological polar surface area (TPSA) is 52.6 Å². The lowest BCUT2D eigenvalue weighted by Crippen LogP contribution is -2.32. The molecule has 0 aliphatic heterocycles. The quantitative estimate of drug-likeness (QED) is 0.325. The Kier molecular flexibility index (Phi) is 8.99. The molecule has 0 aromatic heterocycles. The molecule has 0 aromatic rings. The van der Waals surface area contributed by atoms with Crippen LogP contribution in [0.25, 0.3) is 0 Å². The molecular weight excluding hydrogens is 301 g/mol. The normalized spacial score (nSPS) is 12.7. The molecule has 0 fully saturated rings. The van der Waals surface area contributed by atoms with Gasteiger partial charge in [0.1, 0.15) is 0 Å². The SMILES string of the molecule is CCCCOP(=O)(OCCCC)C(F)(F)C(=O)CCl. The lowest BCUT2D eigenvalue weighted by Gasteiger charge is -2.24. The van der Waals surface area contributed by atoms with Crippen molar-refractivity contribution in [1.29, 1.82) is 0 Å². The lowest BCUT2D eigenvalue weighted by molar-refractivity contribution is -0.132. The fourth-order valence-electron chi connectivity index (χ4n) is 1.09. The van der Waals surface area contributed by atoms with Gasteiger partial charge >= 0.3 is 13.3 Å². The molecular formula is C11H20ClF2O4P. The van der Waals surface area contributed by atoms with E-state index in [4.69, 9.17) is 20.6 Å². The number of ketones is 1. The highest BCUT2D eigenvalue weighted by atomic mass is 35.5. The van der Waals surface area contributed by atoms with Gasteiger partial charge in [-0.2, -0.15) is 8.78 Å². The minimum Gasteiger partial charge on any atom is -0.304 e. The van der Waals surface area contributed by atoms with E-state index in [-0.39, 0.29) is 13.2 Å². The van der Waals surface area contributed by atoms with E-state index >= 15 is 0 Å². The predicted molar refractivity (Wildman–Crippen MR) is 70.0 cm³/mol. The van der Waals surface area contributed by atoms with E-state index in [2.05, 4.69) is 0 Å². The van der Waals surface area contributed by atoms with E-state index in [0.29, 0.717) is 25.7 Å². The molecule has 0 spiro atoms. The highest BCUT2D eigenvalue weighted by Crippen LogP contribution is 2.62. The smallest absolute Gasteiger partial charge is 0.304 e. The van der Waals surface area contributed by atoms with Crippen molar-refractivity contribution in [2.75, 3.05) is 19.1 Å². The molecule has 0 aromatic carbocycles. The highest BCUT2D eigenvalue weighted by molar-refractivity contribution is 7.56. The van der Waals surface area contributed by atoms with Gasteiger partial charge in [-0.1, -0.05) is 26.7 Å². The Labute approximate surface area is 117 Å². The van der Waals surface area contributed by atoms with E-state index in [1.165, 1.54) is 0 Å². The van der Waals surface area contributed by atoms with Crippen LogP contribution in [-0.4, -0.2) is 30.5 Å². The van der Waals surface area contributed by atoms with E-state index in [0.717, 1.165) is 0 Å². The molecule has 0 heterocycles.